The molecule has 0 aliphatic rings. The van der Waals surface area contributed by atoms with Crippen molar-refractivity contribution in [3.63, 3.8) is 0 Å². The van der Waals surface area contributed by atoms with Gasteiger partial charge in [-0.05, 0) is 36.2 Å². The molecule has 0 spiro atoms. The zero-order valence-corrected chi connectivity index (χ0v) is 11.8. The number of nitrogens with zero attached hydrogens (tertiary/aromatic N) is 1. The summed E-state index contributed by atoms with van der Waals surface area (Å²) in [7, 11) is 0. The Balaban J connectivity index is 2.06. The number of guanidine groups is 1. The van der Waals surface area contributed by atoms with Crippen molar-refractivity contribution in [1.82, 2.24) is 0 Å². The van der Waals surface area contributed by atoms with Crippen molar-refractivity contribution in [1.29, 1.82) is 0 Å². The van der Waals surface area contributed by atoms with Gasteiger partial charge in [0, 0.05) is 11.3 Å². The summed E-state index contributed by atoms with van der Waals surface area (Å²) in [6.45, 7) is 2.36. The van der Waals surface area contributed by atoms with Crippen LogP contribution in [0.5, 0.6) is 0 Å². The lowest BCUT2D eigenvalue weighted by atomic mass is 10.1. The smallest absolute Gasteiger partial charge is 0.255 e. The van der Waals surface area contributed by atoms with Crippen LogP contribution in [0.15, 0.2) is 53.5 Å². The van der Waals surface area contributed by atoms with E-state index < -0.39 is 0 Å². The third-order valence-electron chi connectivity index (χ3n) is 3.05. The summed E-state index contributed by atoms with van der Waals surface area (Å²) in [5.74, 6) is -0.0888. The fourth-order valence-corrected chi connectivity index (χ4v) is 1.85. The van der Waals surface area contributed by atoms with Gasteiger partial charge in [0.25, 0.3) is 5.91 Å². The minimum atomic E-state index is -0.141. The molecule has 2 aromatic carbocycles. The molecule has 0 atom stereocenters. The molecule has 0 aliphatic heterocycles. The summed E-state index contributed by atoms with van der Waals surface area (Å²) in [5.41, 5.74) is 13.9. The van der Waals surface area contributed by atoms with E-state index in [1.807, 2.05) is 43.3 Å². The number of hydrogen-bond acceptors (Lipinski definition) is 2. The highest BCUT2D eigenvalue weighted by Crippen LogP contribution is 2.15. The molecule has 0 radical (unpaired) electrons. The summed E-state index contributed by atoms with van der Waals surface area (Å²) >= 11 is 0. The first-order valence-corrected chi connectivity index (χ1v) is 6.57. The van der Waals surface area contributed by atoms with E-state index in [1.54, 1.807) is 12.1 Å². The molecule has 0 aromatic heterocycles. The van der Waals surface area contributed by atoms with E-state index in [-0.39, 0.29) is 11.9 Å². The number of anilines is 1. The lowest BCUT2D eigenvalue weighted by Crippen LogP contribution is -2.22. The second-order valence-corrected chi connectivity index (χ2v) is 4.71. The average molecular weight is 282 g/mol. The van der Waals surface area contributed by atoms with Crippen LogP contribution in [0.25, 0.3) is 0 Å². The number of hydrogen-bond donors (Lipinski definition) is 3. The average Bonchev–Trinajstić information content (AvgIpc) is 2.48. The molecule has 0 saturated carbocycles. The van der Waals surface area contributed by atoms with Crippen LogP contribution >= 0.6 is 0 Å². The maximum atomic E-state index is 12.2. The van der Waals surface area contributed by atoms with Crippen LogP contribution in [-0.4, -0.2) is 11.9 Å². The maximum Gasteiger partial charge on any atom is 0.255 e. The lowest BCUT2D eigenvalue weighted by molar-refractivity contribution is 0.102. The normalized spacial score (nSPS) is 9.95. The first kappa shape index (κ1) is 14.6. The summed E-state index contributed by atoms with van der Waals surface area (Å²) in [5, 5.41) is 2.89. The van der Waals surface area contributed by atoms with Crippen LogP contribution in [0.2, 0.25) is 0 Å². The van der Waals surface area contributed by atoms with E-state index in [0.717, 1.165) is 16.8 Å². The molecule has 1 amide bonds. The predicted molar refractivity (Wildman–Crippen MR) is 85.1 cm³/mol. The number of amides is 1. The molecule has 108 valence electrons. The SMILES string of the molecule is Cc1ccccc1NC(=O)c1ccc(CN=C(N)N)cc1. The Morgan fingerprint density at radius 2 is 1.76 bits per heavy atom. The van der Waals surface area contributed by atoms with Gasteiger partial charge in [-0.2, -0.15) is 0 Å². The number of carbonyl (C=O) groups excluding carboxylic acids is 1. The van der Waals surface area contributed by atoms with E-state index in [4.69, 9.17) is 11.5 Å². The van der Waals surface area contributed by atoms with Crippen LogP contribution in [0.3, 0.4) is 0 Å². The molecule has 0 aliphatic carbocycles. The van der Waals surface area contributed by atoms with E-state index >= 15 is 0 Å². The Morgan fingerprint density at radius 3 is 2.38 bits per heavy atom. The van der Waals surface area contributed by atoms with Crippen LogP contribution in [0.1, 0.15) is 21.5 Å². The van der Waals surface area contributed by atoms with Gasteiger partial charge in [-0.3, -0.25) is 4.79 Å². The Labute approximate surface area is 123 Å². The molecule has 5 N–H and O–H groups in total. The van der Waals surface area contributed by atoms with Gasteiger partial charge in [-0.25, -0.2) is 4.99 Å². The molecule has 0 unspecified atom stereocenters. The summed E-state index contributed by atoms with van der Waals surface area (Å²) in [6.07, 6.45) is 0. The van der Waals surface area contributed by atoms with Crippen molar-refractivity contribution in [2.45, 2.75) is 13.5 Å². The second-order valence-electron chi connectivity index (χ2n) is 4.71. The number of rotatable bonds is 4. The highest BCUT2D eigenvalue weighted by atomic mass is 16.1. The van der Waals surface area contributed by atoms with Crippen molar-refractivity contribution in [3.8, 4) is 0 Å². The molecule has 2 aromatic rings. The topological polar surface area (TPSA) is 93.5 Å². The zero-order valence-electron chi connectivity index (χ0n) is 11.8. The molecule has 0 bridgehead atoms. The number of aliphatic imine (C=N–C) groups is 1. The van der Waals surface area contributed by atoms with Gasteiger partial charge in [0.2, 0.25) is 0 Å². The minimum absolute atomic E-state index is 0.0522. The fraction of sp³-hybridized carbons (Fsp3) is 0.125. The van der Waals surface area contributed by atoms with Gasteiger partial charge < -0.3 is 16.8 Å². The van der Waals surface area contributed by atoms with Crippen LogP contribution in [0.4, 0.5) is 5.69 Å². The number of nitrogens with two attached hydrogens (primary N) is 2. The number of para-hydroxylation sites is 1. The molecular weight excluding hydrogens is 264 g/mol. The number of nitrogens with one attached hydrogen (secondary N) is 1. The highest BCUT2D eigenvalue weighted by molar-refractivity contribution is 6.04. The van der Waals surface area contributed by atoms with Gasteiger partial charge in [-0.15, -0.1) is 0 Å². The number of benzene rings is 2. The third kappa shape index (κ3) is 4.07. The summed E-state index contributed by atoms with van der Waals surface area (Å²) in [6, 6.07) is 14.8. The van der Waals surface area contributed by atoms with E-state index in [0.29, 0.717) is 12.1 Å². The first-order valence-electron chi connectivity index (χ1n) is 6.57. The Bertz CT molecular complexity index is 658. The zero-order chi connectivity index (χ0) is 15.2. The Hall–Kier alpha value is -2.82. The molecule has 0 fully saturated rings. The van der Waals surface area contributed by atoms with Crippen molar-refractivity contribution in [2.24, 2.45) is 16.5 Å². The first-order chi connectivity index (χ1) is 10.1. The minimum Gasteiger partial charge on any atom is -0.370 e. The Kier molecular flexibility index (Phi) is 4.56. The molecule has 0 heterocycles. The molecule has 2 rings (SSSR count). The molecule has 5 heteroatoms. The quantitative estimate of drug-likeness (QED) is 0.591. The lowest BCUT2D eigenvalue weighted by Gasteiger charge is -2.08. The number of carbonyl (C=O) groups is 1. The van der Waals surface area contributed by atoms with Crippen LogP contribution in [-0.2, 0) is 6.54 Å². The summed E-state index contributed by atoms with van der Waals surface area (Å²) in [4.78, 5) is 16.1. The van der Waals surface area contributed by atoms with Crippen molar-refractivity contribution in [2.75, 3.05) is 5.32 Å². The van der Waals surface area contributed by atoms with E-state index in [1.165, 1.54) is 0 Å². The fourth-order valence-electron chi connectivity index (χ4n) is 1.85. The van der Waals surface area contributed by atoms with Gasteiger partial charge in [-0.1, -0.05) is 30.3 Å². The van der Waals surface area contributed by atoms with Gasteiger partial charge in [0.15, 0.2) is 5.96 Å². The standard InChI is InChI=1S/C16H18N4O/c1-11-4-2-3-5-14(11)20-15(21)13-8-6-12(7-9-13)10-19-16(17)18/h2-9H,10H2,1H3,(H,20,21)(H4,17,18,19). The number of aryl methyl sites for hydroxylation is 1. The van der Waals surface area contributed by atoms with Gasteiger partial charge >= 0.3 is 0 Å². The van der Waals surface area contributed by atoms with Crippen molar-refractivity contribution in [3.05, 3.63) is 65.2 Å². The van der Waals surface area contributed by atoms with E-state index in [2.05, 4.69) is 10.3 Å². The van der Waals surface area contributed by atoms with Gasteiger partial charge in [0.05, 0.1) is 6.54 Å². The highest BCUT2D eigenvalue weighted by Gasteiger charge is 2.07. The summed E-state index contributed by atoms with van der Waals surface area (Å²) < 4.78 is 0. The monoisotopic (exact) mass is 282 g/mol. The Morgan fingerprint density at radius 1 is 1.10 bits per heavy atom. The van der Waals surface area contributed by atoms with Crippen LogP contribution in [0, 0.1) is 6.92 Å². The molecule has 21 heavy (non-hydrogen) atoms. The van der Waals surface area contributed by atoms with Crippen LogP contribution < -0.4 is 16.8 Å². The second kappa shape index (κ2) is 6.56. The molecular formula is C16H18N4O. The van der Waals surface area contributed by atoms with Gasteiger partial charge in [0.1, 0.15) is 0 Å². The third-order valence-corrected chi connectivity index (χ3v) is 3.05. The largest absolute Gasteiger partial charge is 0.370 e. The molecule has 0 saturated heterocycles. The predicted octanol–water partition coefficient (Wildman–Crippen LogP) is 2.02. The maximum absolute atomic E-state index is 12.2. The van der Waals surface area contributed by atoms with E-state index in [9.17, 15) is 4.79 Å². The molecule has 5 nitrogen and oxygen atoms in total. The van der Waals surface area contributed by atoms with Crippen molar-refractivity contribution >= 4 is 17.6 Å². The van der Waals surface area contributed by atoms with Crippen molar-refractivity contribution < 1.29 is 4.79 Å².